The van der Waals surface area contributed by atoms with Gasteiger partial charge in [0.05, 0.1) is 5.69 Å². The highest BCUT2D eigenvalue weighted by Crippen LogP contribution is 2.36. The second-order valence-electron chi connectivity index (χ2n) is 3.95. The molecular formula is C14H9BrFNO. The van der Waals surface area contributed by atoms with Crippen molar-refractivity contribution in [2.45, 2.75) is 6.61 Å². The van der Waals surface area contributed by atoms with Gasteiger partial charge in [-0.1, -0.05) is 22.0 Å². The fourth-order valence-corrected chi connectivity index (χ4v) is 2.54. The number of benzene rings is 1. The lowest BCUT2D eigenvalue weighted by atomic mass is 9.98. The van der Waals surface area contributed by atoms with E-state index in [1.807, 2.05) is 17.1 Å². The van der Waals surface area contributed by atoms with Gasteiger partial charge >= 0.3 is 0 Å². The van der Waals surface area contributed by atoms with Crippen molar-refractivity contribution >= 4 is 21.5 Å². The molecule has 0 fully saturated rings. The third-order valence-electron chi connectivity index (χ3n) is 2.89. The SMILES string of the molecule is Fc1ccc2c(c1)OCc1ncccc1/C2=C/Br. The minimum Gasteiger partial charge on any atom is -0.487 e. The molecule has 1 aromatic heterocycles. The predicted molar refractivity (Wildman–Crippen MR) is 71.0 cm³/mol. The van der Waals surface area contributed by atoms with Crippen LogP contribution in [0.5, 0.6) is 5.75 Å². The zero-order valence-corrected chi connectivity index (χ0v) is 10.9. The number of hydrogen-bond acceptors (Lipinski definition) is 2. The quantitative estimate of drug-likeness (QED) is 0.736. The van der Waals surface area contributed by atoms with Crippen LogP contribution in [0, 0.1) is 5.82 Å². The smallest absolute Gasteiger partial charge is 0.131 e. The van der Waals surface area contributed by atoms with E-state index in [0.717, 1.165) is 22.4 Å². The first-order chi connectivity index (χ1) is 8.79. The van der Waals surface area contributed by atoms with Crippen LogP contribution in [-0.2, 0) is 6.61 Å². The summed E-state index contributed by atoms with van der Waals surface area (Å²) in [6.07, 6.45) is 1.73. The summed E-state index contributed by atoms with van der Waals surface area (Å²) in [7, 11) is 0. The topological polar surface area (TPSA) is 22.1 Å². The van der Waals surface area contributed by atoms with E-state index in [1.165, 1.54) is 12.1 Å². The first-order valence-electron chi connectivity index (χ1n) is 5.47. The molecule has 1 aliphatic rings. The van der Waals surface area contributed by atoms with Gasteiger partial charge in [-0.15, -0.1) is 0 Å². The second-order valence-corrected chi connectivity index (χ2v) is 4.41. The van der Waals surface area contributed by atoms with E-state index >= 15 is 0 Å². The van der Waals surface area contributed by atoms with Gasteiger partial charge in [-0.3, -0.25) is 4.98 Å². The van der Waals surface area contributed by atoms with Gasteiger partial charge in [-0.25, -0.2) is 4.39 Å². The van der Waals surface area contributed by atoms with E-state index in [9.17, 15) is 4.39 Å². The third-order valence-corrected chi connectivity index (χ3v) is 3.35. The lowest BCUT2D eigenvalue weighted by Gasteiger charge is -2.08. The summed E-state index contributed by atoms with van der Waals surface area (Å²) in [6, 6.07) is 8.42. The summed E-state index contributed by atoms with van der Waals surface area (Å²) in [5.41, 5.74) is 3.66. The zero-order valence-electron chi connectivity index (χ0n) is 9.36. The third kappa shape index (κ3) is 1.82. The van der Waals surface area contributed by atoms with Crippen molar-refractivity contribution in [3.05, 3.63) is 64.2 Å². The molecule has 0 saturated carbocycles. The van der Waals surface area contributed by atoms with E-state index < -0.39 is 0 Å². The van der Waals surface area contributed by atoms with Crippen LogP contribution >= 0.6 is 15.9 Å². The molecule has 2 heterocycles. The number of fused-ring (bicyclic) bond motifs is 2. The van der Waals surface area contributed by atoms with Crippen molar-refractivity contribution in [1.29, 1.82) is 0 Å². The molecule has 0 saturated heterocycles. The minimum absolute atomic E-state index is 0.304. The van der Waals surface area contributed by atoms with Gasteiger partial charge in [-0.2, -0.15) is 0 Å². The summed E-state index contributed by atoms with van der Waals surface area (Å²) in [4.78, 5) is 6.12. The first-order valence-corrected chi connectivity index (χ1v) is 6.38. The molecule has 1 aliphatic heterocycles. The molecule has 4 heteroatoms. The van der Waals surface area contributed by atoms with Gasteiger partial charge in [0, 0.05) is 29.0 Å². The number of pyridine rings is 1. The summed E-state index contributed by atoms with van der Waals surface area (Å²) in [6.45, 7) is 0.344. The highest BCUT2D eigenvalue weighted by atomic mass is 79.9. The molecule has 0 N–H and O–H groups in total. The molecule has 0 spiro atoms. The Balaban J connectivity index is 2.25. The van der Waals surface area contributed by atoms with Gasteiger partial charge in [0.2, 0.25) is 0 Å². The zero-order chi connectivity index (χ0) is 12.5. The fraction of sp³-hybridized carbons (Fsp3) is 0.0714. The summed E-state index contributed by atoms with van der Waals surface area (Å²) >= 11 is 3.36. The van der Waals surface area contributed by atoms with Crippen LogP contribution in [0.4, 0.5) is 4.39 Å². The Morgan fingerprint density at radius 3 is 3.00 bits per heavy atom. The molecule has 0 aliphatic carbocycles. The van der Waals surface area contributed by atoms with Crippen molar-refractivity contribution in [3.63, 3.8) is 0 Å². The van der Waals surface area contributed by atoms with E-state index in [2.05, 4.69) is 20.9 Å². The van der Waals surface area contributed by atoms with Gasteiger partial charge in [-0.05, 0) is 23.2 Å². The van der Waals surface area contributed by atoms with E-state index in [0.29, 0.717) is 12.4 Å². The minimum atomic E-state index is -0.304. The molecule has 18 heavy (non-hydrogen) atoms. The Labute approximate surface area is 112 Å². The monoisotopic (exact) mass is 305 g/mol. The average molecular weight is 306 g/mol. The Bertz CT molecular complexity index is 639. The normalized spacial score (nSPS) is 15.6. The molecule has 90 valence electrons. The van der Waals surface area contributed by atoms with Crippen LogP contribution in [-0.4, -0.2) is 4.98 Å². The van der Waals surface area contributed by atoms with Gasteiger partial charge in [0.25, 0.3) is 0 Å². The molecule has 2 nitrogen and oxygen atoms in total. The van der Waals surface area contributed by atoms with Crippen LogP contribution < -0.4 is 4.74 Å². The van der Waals surface area contributed by atoms with Gasteiger partial charge in [0.1, 0.15) is 18.2 Å². The molecule has 0 radical (unpaired) electrons. The predicted octanol–water partition coefficient (Wildman–Crippen LogP) is 3.90. The molecule has 0 unspecified atom stereocenters. The summed E-state index contributed by atoms with van der Waals surface area (Å²) in [5.74, 6) is 0.236. The summed E-state index contributed by atoms with van der Waals surface area (Å²) < 4.78 is 18.9. The largest absolute Gasteiger partial charge is 0.487 e. The standard InChI is InChI=1S/C14H9BrFNO/c15-7-12-10-2-1-5-17-13(10)8-18-14-6-9(16)3-4-11(12)14/h1-7H,8H2/b12-7-. The van der Waals surface area contributed by atoms with E-state index in [1.54, 1.807) is 12.3 Å². The van der Waals surface area contributed by atoms with E-state index in [4.69, 9.17) is 4.74 Å². The molecule has 2 aromatic rings. The number of ether oxygens (including phenoxy) is 1. The van der Waals surface area contributed by atoms with Gasteiger partial charge < -0.3 is 4.74 Å². The molecule has 0 bridgehead atoms. The van der Waals surface area contributed by atoms with Crippen LogP contribution in [0.25, 0.3) is 5.57 Å². The number of aromatic nitrogens is 1. The fourth-order valence-electron chi connectivity index (χ4n) is 2.05. The highest BCUT2D eigenvalue weighted by Gasteiger charge is 2.19. The maximum Gasteiger partial charge on any atom is 0.131 e. The van der Waals surface area contributed by atoms with E-state index in [-0.39, 0.29) is 5.82 Å². The molecule has 0 atom stereocenters. The Kier molecular flexibility index (Phi) is 2.88. The van der Waals surface area contributed by atoms with Crippen molar-refractivity contribution in [2.24, 2.45) is 0 Å². The lowest BCUT2D eigenvalue weighted by molar-refractivity contribution is 0.301. The highest BCUT2D eigenvalue weighted by molar-refractivity contribution is 9.11. The number of rotatable bonds is 0. The molecular weight excluding hydrogens is 297 g/mol. The van der Waals surface area contributed by atoms with Crippen molar-refractivity contribution in [1.82, 2.24) is 4.98 Å². The lowest BCUT2D eigenvalue weighted by Crippen LogP contribution is -1.98. The second kappa shape index (κ2) is 4.53. The number of nitrogens with zero attached hydrogens (tertiary/aromatic N) is 1. The Morgan fingerprint density at radius 2 is 2.17 bits per heavy atom. The van der Waals surface area contributed by atoms with Crippen LogP contribution in [0.3, 0.4) is 0 Å². The van der Waals surface area contributed by atoms with Crippen molar-refractivity contribution in [3.8, 4) is 5.75 Å². The first kappa shape index (κ1) is 11.4. The van der Waals surface area contributed by atoms with Crippen molar-refractivity contribution in [2.75, 3.05) is 0 Å². The molecule has 1 aromatic carbocycles. The Morgan fingerprint density at radius 1 is 1.28 bits per heavy atom. The number of halogens is 2. The van der Waals surface area contributed by atoms with Crippen molar-refractivity contribution < 1.29 is 9.13 Å². The summed E-state index contributed by atoms with van der Waals surface area (Å²) in [5, 5.41) is 0. The van der Waals surface area contributed by atoms with Crippen LogP contribution in [0.2, 0.25) is 0 Å². The molecule has 0 amide bonds. The van der Waals surface area contributed by atoms with Crippen LogP contribution in [0.15, 0.2) is 41.5 Å². The number of hydrogen-bond donors (Lipinski definition) is 0. The van der Waals surface area contributed by atoms with Crippen LogP contribution in [0.1, 0.15) is 16.8 Å². The molecule has 3 rings (SSSR count). The average Bonchev–Trinajstić information content (AvgIpc) is 2.55. The van der Waals surface area contributed by atoms with Gasteiger partial charge in [0.15, 0.2) is 0 Å². The maximum atomic E-state index is 13.3. The maximum absolute atomic E-state index is 13.3. The Hall–Kier alpha value is -1.68.